The van der Waals surface area contributed by atoms with Crippen molar-refractivity contribution < 1.29 is 47.6 Å². The van der Waals surface area contributed by atoms with E-state index >= 15 is 0 Å². The minimum atomic E-state index is -1.23. The van der Waals surface area contributed by atoms with E-state index in [0.717, 1.165) is 13.8 Å². The molecule has 0 spiro atoms. The summed E-state index contributed by atoms with van der Waals surface area (Å²) in [5, 5.41) is 0. The maximum absolute atomic E-state index is 11.7. The van der Waals surface area contributed by atoms with Gasteiger partial charge in [0.25, 0.3) is 0 Å². The molecule has 28 heavy (non-hydrogen) atoms. The first-order valence-corrected chi connectivity index (χ1v) is 8.78. The number of carbonyl (C=O) groups is 4. The van der Waals surface area contributed by atoms with Crippen molar-refractivity contribution in [1.29, 1.82) is 0 Å². The molecule has 0 aromatic heterocycles. The molecule has 160 valence electrons. The van der Waals surface area contributed by atoms with E-state index in [-0.39, 0.29) is 6.61 Å². The molecule has 1 aliphatic rings. The van der Waals surface area contributed by atoms with Crippen molar-refractivity contribution in [3.63, 3.8) is 0 Å². The van der Waals surface area contributed by atoms with Crippen LogP contribution in [0, 0.1) is 0 Å². The highest BCUT2D eigenvalue weighted by molar-refractivity contribution is 5.68. The Kier molecular flexibility index (Phi) is 8.37. The molecule has 1 rings (SSSR count). The molecule has 0 radical (unpaired) electrons. The Bertz CT molecular complexity index is 594. The van der Waals surface area contributed by atoms with Crippen LogP contribution in [0.15, 0.2) is 0 Å². The molecule has 0 aliphatic carbocycles. The van der Waals surface area contributed by atoms with E-state index in [1.165, 1.54) is 13.8 Å². The summed E-state index contributed by atoms with van der Waals surface area (Å²) in [6.07, 6.45) is -5.81. The lowest BCUT2D eigenvalue weighted by molar-refractivity contribution is -0.325. The second-order valence-corrected chi connectivity index (χ2v) is 7.30. The number of hydrogen-bond acceptors (Lipinski definition) is 10. The first-order chi connectivity index (χ1) is 12.8. The van der Waals surface area contributed by atoms with Crippen LogP contribution in [0.1, 0.15) is 48.5 Å². The fourth-order valence-electron chi connectivity index (χ4n) is 2.63. The molecule has 0 unspecified atom stereocenters. The molecule has 1 fully saturated rings. The number of rotatable bonds is 6. The summed E-state index contributed by atoms with van der Waals surface area (Å²) in [5.74, 6) is -2.63. The van der Waals surface area contributed by atoms with Crippen molar-refractivity contribution in [3.05, 3.63) is 0 Å². The zero-order valence-electron chi connectivity index (χ0n) is 17.2. The largest absolute Gasteiger partial charge is 0.463 e. The third kappa shape index (κ3) is 7.81. The molecule has 0 saturated carbocycles. The maximum Gasteiger partial charge on any atom is 0.303 e. The molecule has 0 amide bonds. The van der Waals surface area contributed by atoms with Crippen LogP contribution < -0.4 is 0 Å². The molecular weight excluding hydrogens is 376 g/mol. The number of esters is 4. The highest BCUT2D eigenvalue weighted by Crippen LogP contribution is 2.31. The molecule has 1 heterocycles. The highest BCUT2D eigenvalue weighted by Gasteiger charge is 2.53. The maximum atomic E-state index is 11.7. The molecule has 0 N–H and O–H groups in total. The van der Waals surface area contributed by atoms with Gasteiger partial charge in [0.1, 0.15) is 12.7 Å². The van der Waals surface area contributed by atoms with Gasteiger partial charge in [-0.3, -0.25) is 19.2 Å². The van der Waals surface area contributed by atoms with Gasteiger partial charge in [-0.1, -0.05) is 0 Å². The molecular formula is C18H28O10. The lowest BCUT2D eigenvalue weighted by Gasteiger charge is -2.45. The third-order valence-corrected chi connectivity index (χ3v) is 3.42. The highest BCUT2D eigenvalue weighted by atomic mass is 16.7. The van der Waals surface area contributed by atoms with E-state index in [1.807, 2.05) is 0 Å². The van der Waals surface area contributed by atoms with Gasteiger partial charge >= 0.3 is 23.9 Å². The van der Waals surface area contributed by atoms with Crippen LogP contribution in [-0.2, 0) is 47.6 Å². The third-order valence-electron chi connectivity index (χ3n) is 3.42. The van der Waals surface area contributed by atoms with E-state index in [9.17, 15) is 19.2 Å². The van der Waals surface area contributed by atoms with Gasteiger partial charge in [0.2, 0.25) is 0 Å². The van der Waals surface area contributed by atoms with Crippen molar-refractivity contribution in [1.82, 2.24) is 0 Å². The van der Waals surface area contributed by atoms with Gasteiger partial charge in [-0.05, 0) is 20.8 Å². The predicted octanol–water partition coefficient (Wildman–Crippen LogP) is 0.885. The van der Waals surface area contributed by atoms with Gasteiger partial charge in [0, 0.05) is 27.7 Å². The molecule has 0 aromatic carbocycles. The quantitative estimate of drug-likeness (QED) is 0.465. The standard InChI is InChI=1S/C18H28O10/c1-9(19)23-8-13-14(24-10(2)20)15(25-11(3)21)16(26-12(4)22)17(27-13)28-18(5,6)7/h13-17H,8H2,1-7H3/t13-,14+,15-,16-,17+/m0/s1. The summed E-state index contributed by atoms with van der Waals surface area (Å²) in [6, 6.07) is 0. The van der Waals surface area contributed by atoms with E-state index in [1.54, 1.807) is 20.8 Å². The van der Waals surface area contributed by atoms with Crippen LogP contribution in [-0.4, -0.2) is 66.8 Å². The van der Waals surface area contributed by atoms with Gasteiger partial charge in [-0.15, -0.1) is 0 Å². The lowest BCUT2D eigenvalue weighted by Crippen LogP contribution is -2.63. The van der Waals surface area contributed by atoms with Gasteiger partial charge in [-0.2, -0.15) is 0 Å². The molecule has 10 heteroatoms. The lowest BCUT2D eigenvalue weighted by atomic mass is 9.97. The normalized spacial score (nSPS) is 27.5. The van der Waals surface area contributed by atoms with Crippen molar-refractivity contribution in [3.8, 4) is 0 Å². The minimum Gasteiger partial charge on any atom is -0.463 e. The molecule has 0 aromatic rings. The van der Waals surface area contributed by atoms with Crippen molar-refractivity contribution in [2.75, 3.05) is 6.61 Å². The Labute approximate surface area is 163 Å². The zero-order chi connectivity index (χ0) is 21.6. The Morgan fingerprint density at radius 2 is 1.21 bits per heavy atom. The zero-order valence-corrected chi connectivity index (χ0v) is 17.2. The minimum absolute atomic E-state index is 0.290. The molecule has 1 saturated heterocycles. The van der Waals surface area contributed by atoms with E-state index < -0.39 is 60.2 Å². The Morgan fingerprint density at radius 1 is 0.750 bits per heavy atom. The predicted molar refractivity (Wildman–Crippen MR) is 92.8 cm³/mol. The van der Waals surface area contributed by atoms with Crippen LogP contribution in [0.2, 0.25) is 0 Å². The second-order valence-electron chi connectivity index (χ2n) is 7.30. The van der Waals surface area contributed by atoms with E-state index in [4.69, 9.17) is 28.4 Å². The average Bonchev–Trinajstić information content (AvgIpc) is 2.48. The average molecular weight is 404 g/mol. The molecule has 10 nitrogen and oxygen atoms in total. The second kappa shape index (κ2) is 9.83. The van der Waals surface area contributed by atoms with Crippen LogP contribution in [0.4, 0.5) is 0 Å². The van der Waals surface area contributed by atoms with Crippen molar-refractivity contribution in [2.45, 2.75) is 84.8 Å². The summed E-state index contributed by atoms with van der Waals surface area (Å²) < 4.78 is 32.5. The monoisotopic (exact) mass is 404 g/mol. The summed E-state index contributed by atoms with van der Waals surface area (Å²) in [4.78, 5) is 46.1. The van der Waals surface area contributed by atoms with Crippen LogP contribution in [0.25, 0.3) is 0 Å². The first-order valence-electron chi connectivity index (χ1n) is 8.78. The Hall–Kier alpha value is -2.20. The summed E-state index contributed by atoms with van der Waals surface area (Å²) in [7, 11) is 0. The Balaban J connectivity index is 3.33. The fraction of sp³-hybridized carbons (Fsp3) is 0.778. The molecule has 1 aliphatic heterocycles. The van der Waals surface area contributed by atoms with Crippen molar-refractivity contribution in [2.24, 2.45) is 0 Å². The van der Waals surface area contributed by atoms with Crippen LogP contribution >= 0.6 is 0 Å². The van der Waals surface area contributed by atoms with Crippen LogP contribution in [0.5, 0.6) is 0 Å². The summed E-state index contributed by atoms with van der Waals surface area (Å²) >= 11 is 0. The van der Waals surface area contributed by atoms with E-state index in [2.05, 4.69) is 0 Å². The first kappa shape index (κ1) is 23.8. The van der Waals surface area contributed by atoms with Gasteiger partial charge in [0.15, 0.2) is 24.6 Å². The molecule has 0 bridgehead atoms. The van der Waals surface area contributed by atoms with Gasteiger partial charge in [0.05, 0.1) is 5.60 Å². The summed E-state index contributed by atoms with van der Waals surface area (Å²) in [6.45, 7) is 9.66. The number of hydrogen-bond donors (Lipinski definition) is 0. The molecule has 5 atom stereocenters. The number of ether oxygens (including phenoxy) is 6. The Morgan fingerprint density at radius 3 is 1.64 bits per heavy atom. The topological polar surface area (TPSA) is 124 Å². The van der Waals surface area contributed by atoms with Gasteiger partial charge < -0.3 is 28.4 Å². The van der Waals surface area contributed by atoms with Crippen LogP contribution in [0.3, 0.4) is 0 Å². The number of carbonyl (C=O) groups excluding carboxylic acids is 4. The van der Waals surface area contributed by atoms with Gasteiger partial charge in [-0.25, -0.2) is 0 Å². The SMILES string of the molecule is CC(=O)OC[C@@H]1O[C@H](OC(C)(C)C)[C@@H](OC(C)=O)[C@@H](OC(C)=O)[C@@H]1OC(C)=O. The van der Waals surface area contributed by atoms with Crippen molar-refractivity contribution >= 4 is 23.9 Å². The van der Waals surface area contributed by atoms with E-state index in [0.29, 0.717) is 0 Å². The smallest absolute Gasteiger partial charge is 0.303 e. The fourth-order valence-corrected chi connectivity index (χ4v) is 2.63. The summed E-state index contributed by atoms with van der Waals surface area (Å²) in [5.41, 5.74) is -0.718.